The summed E-state index contributed by atoms with van der Waals surface area (Å²) in [5, 5.41) is 14.9. The molecule has 0 spiro atoms. The van der Waals surface area contributed by atoms with Crippen LogP contribution >= 0.6 is 12.2 Å². The lowest BCUT2D eigenvalue weighted by Gasteiger charge is -2.06. The molecule has 2 rings (SSSR count). The van der Waals surface area contributed by atoms with Crippen molar-refractivity contribution in [1.29, 1.82) is 0 Å². The van der Waals surface area contributed by atoms with Gasteiger partial charge in [-0.1, -0.05) is 0 Å². The second-order valence-electron chi connectivity index (χ2n) is 4.27. The Morgan fingerprint density at radius 1 is 1.35 bits per heavy atom. The van der Waals surface area contributed by atoms with Gasteiger partial charge in [0.2, 0.25) is 5.75 Å². The number of nitrogens with one attached hydrogen (secondary N) is 1. The van der Waals surface area contributed by atoms with E-state index in [-0.39, 0.29) is 22.3 Å². The highest BCUT2D eigenvalue weighted by Crippen LogP contribution is 2.31. The van der Waals surface area contributed by atoms with E-state index in [0.717, 1.165) is 0 Å². The molecular formula is C14H11FN4O3S. The molecule has 0 bridgehead atoms. The summed E-state index contributed by atoms with van der Waals surface area (Å²) in [7, 11) is 0. The van der Waals surface area contributed by atoms with Crippen LogP contribution in [0, 0.1) is 15.9 Å². The van der Waals surface area contributed by atoms with Crippen LogP contribution in [0.5, 0.6) is 11.5 Å². The number of rotatable bonds is 5. The molecule has 0 aliphatic heterocycles. The van der Waals surface area contributed by atoms with E-state index in [2.05, 4.69) is 22.7 Å². The summed E-state index contributed by atoms with van der Waals surface area (Å²) in [4.78, 5) is 10.6. The monoisotopic (exact) mass is 334 g/mol. The Morgan fingerprint density at radius 2 is 2.04 bits per heavy atom. The molecule has 118 valence electrons. The van der Waals surface area contributed by atoms with E-state index in [1.54, 1.807) is 6.07 Å². The van der Waals surface area contributed by atoms with E-state index in [4.69, 9.17) is 10.5 Å². The zero-order valence-electron chi connectivity index (χ0n) is 11.6. The molecule has 0 atom stereocenters. The van der Waals surface area contributed by atoms with Crippen molar-refractivity contribution in [3.05, 3.63) is 64.0 Å². The van der Waals surface area contributed by atoms with Crippen molar-refractivity contribution in [2.75, 3.05) is 0 Å². The van der Waals surface area contributed by atoms with Crippen molar-refractivity contribution in [3.8, 4) is 11.5 Å². The van der Waals surface area contributed by atoms with Gasteiger partial charge in [-0.2, -0.15) is 5.10 Å². The number of benzene rings is 2. The predicted molar refractivity (Wildman–Crippen MR) is 87.1 cm³/mol. The highest BCUT2D eigenvalue weighted by molar-refractivity contribution is 7.80. The van der Waals surface area contributed by atoms with Crippen molar-refractivity contribution in [2.45, 2.75) is 0 Å². The Kier molecular flexibility index (Phi) is 5.15. The van der Waals surface area contributed by atoms with Gasteiger partial charge in [0.05, 0.1) is 11.1 Å². The molecule has 23 heavy (non-hydrogen) atoms. The van der Waals surface area contributed by atoms with Gasteiger partial charge in [-0.05, 0) is 48.6 Å². The van der Waals surface area contributed by atoms with Gasteiger partial charge < -0.3 is 10.5 Å². The van der Waals surface area contributed by atoms with E-state index in [0.29, 0.717) is 5.56 Å². The molecule has 7 nitrogen and oxygen atoms in total. The first-order chi connectivity index (χ1) is 11.0. The third kappa shape index (κ3) is 4.71. The minimum Gasteiger partial charge on any atom is -0.450 e. The average molecular weight is 334 g/mol. The molecule has 0 saturated heterocycles. The number of hydrazone groups is 1. The summed E-state index contributed by atoms with van der Waals surface area (Å²) in [6, 6.07) is 9.41. The van der Waals surface area contributed by atoms with E-state index >= 15 is 0 Å². The van der Waals surface area contributed by atoms with Crippen LogP contribution in [0.4, 0.5) is 10.1 Å². The molecule has 0 aliphatic carbocycles. The maximum absolute atomic E-state index is 12.9. The molecular weight excluding hydrogens is 323 g/mol. The summed E-state index contributed by atoms with van der Waals surface area (Å²) in [5.41, 5.74) is 7.75. The molecule has 0 aliphatic rings. The maximum Gasteiger partial charge on any atom is 0.312 e. The summed E-state index contributed by atoms with van der Waals surface area (Å²) in [6.45, 7) is 0. The van der Waals surface area contributed by atoms with Gasteiger partial charge in [-0.25, -0.2) is 4.39 Å². The zero-order valence-corrected chi connectivity index (χ0v) is 12.4. The third-order valence-electron chi connectivity index (χ3n) is 2.61. The number of nitrogens with zero attached hydrogens (tertiary/aromatic N) is 2. The van der Waals surface area contributed by atoms with Crippen molar-refractivity contribution < 1.29 is 14.1 Å². The van der Waals surface area contributed by atoms with Crippen LogP contribution in [0.1, 0.15) is 5.56 Å². The van der Waals surface area contributed by atoms with E-state index in [9.17, 15) is 14.5 Å². The second kappa shape index (κ2) is 7.27. The first-order valence-corrected chi connectivity index (χ1v) is 6.67. The molecule has 3 N–H and O–H groups in total. The summed E-state index contributed by atoms with van der Waals surface area (Å²) >= 11 is 4.58. The molecule has 0 amide bonds. The Hall–Kier alpha value is -3.07. The van der Waals surface area contributed by atoms with Gasteiger partial charge >= 0.3 is 5.69 Å². The van der Waals surface area contributed by atoms with E-state index < -0.39 is 10.7 Å². The van der Waals surface area contributed by atoms with Gasteiger partial charge in [-0.3, -0.25) is 15.5 Å². The van der Waals surface area contributed by atoms with Crippen LogP contribution < -0.4 is 15.9 Å². The highest BCUT2D eigenvalue weighted by Gasteiger charge is 2.16. The van der Waals surface area contributed by atoms with Crippen LogP contribution in [0.3, 0.4) is 0 Å². The lowest BCUT2D eigenvalue weighted by Crippen LogP contribution is -2.23. The number of nitro benzene ring substituents is 1. The summed E-state index contributed by atoms with van der Waals surface area (Å²) < 4.78 is 18.3. The molecule has 0 heterocycles. The van der Waals surface area contributed by atoms with Crippen LogP contribution in [0.15, 0.2) is 47.6 Å². The second-order valence-corrected chi connectivity index (χ2v) is 4.71. The van der Waals surface area contributed by atoms with Crippen LogP contribution in [-0.2, 0) is 0 Å². The van der Waals surface area contributed by atoms with Gasteiger partial charge in [0, 0.05) is 11.6 Å². The van der Waals surface area contributed by atoms with Crippen molar-refractivity contribution >= 4 is 29.2 Å². The molecule has 0 unspecified atom stereocenters. The Balaban J connectivity index is 2.25. The summed E-state index contributed by atoms with van der Waals surface area (Å²) in [5.74, 6) is -0.115. The first kappa shape index (κ1) is 16.3. The van der Waals surface area contributed by atoms with Gasteiger partial charge in [0.25, 0.3) is 0 Å². The minimum atomic E-state index is -0.586. The zero-order chi connectivity index (χ0) is 16.8. The largest absolute Gasteiger partial charge is 0.450 e. The fourth-order valence-electron chi connectivity index (χ4n) is 1.64. The minimum absolute atomic E-state index is 0.0213. The van der Waals surface area contributed by atoms with Crippen LogP contribution in [-0.4, -0.2) is 16.3 Å². The molecule has 0 aromatic heterocycles. The highest BCUT2D eigenvalue weighted by atomic mass is 32.1. The Labute approximate surface area is 135 Å². The number of nitrogens with two attached hydrogens (primary N) is 1. The van der Waals surface area contributed by atoms with Gasteiger partial charge in [0.15, 0.2) is 5.11 Å². The average Bonchev–Trinajstić information content (AvgIpc) is 2.50. The van der Waals surface area contributed by atoms with E-state index in [1.165, 1.54) is 42.6 Å². The van der Waals surface area contributed by atoms with Crippen LogP contribution in [0.2, 0.25) is 0 Å². The lowest BCUT2D eigenvalue weighted by atomic mass is 10.2. The van der Waals surface area contributed by atoms with Crippen LogP contribution in [0.25, 0.3) is 0 Å². The third-order valence-corrected chi connectivity index (χ3v) is 2.70. The SMILES string of the molecule is NC(=S)NN=Cc1ccc(Oc2ccc(F)cc2)c([N+](=O)[O-])c1. The molecule has 2 aromatic rings. The molecule has 0 fully saturated rings. The fourth-order valence-corrected chi connectivity index (χ4v) is 1.70. The fraction of sp³-hybridized carbons (Fsp3) is 0. The molecule has 0 radical (unpaired) electrons. The predicted octanol–water partition coefficient (Wildman–Crippen LogP) is 2.69. The first-order valence-electron chi connectivity index (χ1n) is 6.26. The number of hydrogen-bond acceptors (Lipinski definition) is 5. The number of ether oxygens (including phenoxy) is 1. The Bertz CT molecular complexity index is 765. The number of thiocarbonyl (C=S) groups is 1. The lowest BCUT2D eigenvalue weighted by molar-refractivity contribution is -0.385. The van der Waals surface area contributed by atoms with Gasteiger partial charge in [0.1, 0.15) is 11.6 Å². The van der Waals surface area contributed by atoms with Crippen molar-refractivity contribution in [2.24, 2.45) is 10.8 Å². The van der Waals surface area contributed by atoms with E-state index in [1.807, 2.05) is 0 Å². The molecule has 2 aromatic carbocycles. The topological polar surface area (TPSA) is 103 Å². The number of hydrogen-bond donors (Lipinski definition) is 2. The standard InChI is InChI=1S/C14H11FN4O3S/c15-10-2-4-11(5-3-10)22-13-6-1-9(7-12(13)19(20)21)8-17-18-14(16)23/h1-8H,(H3,16,18,23). The number of halogens is 1. The summed E-state index contributed by atoms with van der Waals surface area (Å²) in [6.07, 6.45) is 1.33. The van der Waals surface area contributed by atoms with Gasteiger partial charge in [-0.15, -0.1) is 0 Å². The Morgan fingerprint density at radius 3 is 2.65 bits per heavy atom. The van der Waals surface area contributed by atoms with Crippen molar-refractivity contribution in [3.63, 3.8) is 0 Å². The maximum atomic E-state index is 12.9. The quantitative estimate of drug-likeness (QED) is 0.377. The molecule has 0 saturated carbocycles. The smallest absolute Gasteiger partial charge is 0.312 e. The normalized spacial score (nSPS) is 10.5. The number of nitro groups is 1. The van der Waals surface area contributed by atoms with Crippen molar-refractivity contribution in [1.82, 2.24) is 5.43 Å². The molecule has 9 heteroatoms.